The fourth-order valence-electron chi connectivity index (χ4n) is 3.43. The van der Waals surface area contributed by atoms with Gasteiger partial charge in [0.05, 0.1) is 30.5 Å². The summed E-state index contributed by atoms with van der Waals surface area (Å²) in [6, 6.07) is 5.01. The second-order valence-corrected chi connectivity index (χ2v) is 7.16. The average Bonchev–Trinajstić information content (AvgIpc) is 2.72. The second-order valence-electron chi connectivity index (χ2n) is 7.16. The highest BCUT2D eigenvalue weighted by molar-refractivity contribution is 6.00. The van der Waals surface area contributed by atoms with Gasteiger partial charge in [-0.25, -0.2) is 8.78 Å². The number of aliphatic hydroxyl groups is 1. The molecule has 2 aromatic rings. The van der Waals surface area contributed by atoms with Crippen LogP contribution in [-0.2, 0) is 0 Å². The van der Waals surface area contributed by atoms with Crippen LogP contribution in [-0.4, -0.2) is 55.3 Å². The third kappa shape index (κ3) is 4.32. The van der Waals surface area contributed by atoms with Crippen molar-refractivity contribution in [2.45, 2.75) is 32.2 Å². The van der Waals surface area contributed by atoms with Crippen molar-refractivity contribution < 1.29 is 23.4 Å². The maximum Gasteiger partial charge on any atom is 0.253 e. The topological polar surface area (TPSA) is 74.7 Å². The number of fused-ring (bicyclic) bond motifs is 1. The van der Waals surface area contributed by atoms with E-state index in [2.05, 4.69) is 10.3 Å². The largest absolute Gasteiger partial charge is 0.497 e. The minimum atomic E-state index is -2.29. The first kappa shape index (κ1) is 20.3. The molecule has 0 saturated carbocycles. The Kier molecular flexibility index (Phi) is 6.28. The number of carbonyl (C=O) groups excluding carboxylic acids is 1. The van der Waals surface area contributed by atoms with Crippen molar-refractivity contribution in [3.8, 4) is 5.75 Å². The van der Waals surface area contributed by atoms with E-state index in [9.17, 15) is 13.6 Å². The summed E-state index contributed by atoms with van der Waals surface area (Å²) in [7, 11) is 1.56. The van der Waals surface area contributed by atoms with Crippen molar-refractivity contribution in [3.63, 3.8) is 0 Å². The summed E-state index contributed by atoms with van der Waals surface area (Å²) in [5.41, 5.74) is 1.89. The Morgan fingerprint density at radius 2 is 2.07 bits per heavy atom. The zero-order chi connectivity index (χ0) is 20.3. The molecule has 6 nitrogen and oxygen atoms in total. The zero-order valence-corrected chi connectivity index (χ0v) is 16.0. The SMILES string of the molecule is COc1cc(N2CCC(C(F)F)CC2)c2ncc(C(=O)N[C@H](C)CO)cc2c1. The molecule has 1 aliphatic heterocycles. The Hall–Kier alpha value is -2.48. The molecule has 0 unspecified atom stereocenters. The van der Waals surface area contributed by atoms with E-state index in [1.54, 1.807) is 26.2 Å². The number of carbonyl (C=O) groups is 1. The molecule has 0 spiro atoms. The number of hydrogen-bond acceptors (Lipinski definition) is 5. The van der Waals surface area contributed by atoms with Gasteiger partial charge < -0.3 is 20.1 Å². The van der Waals surface area contributed by atoms with Crippen LogP contribution >= 0.6 is 0 Å². The van der Waals surface area contributed by atoms with Gasteiger partial charge in [-0.2, -0.15) is 0 Å². The molecule has 152 valence electrons. The molecule has 0 aliphatic carbocycles. The average molecular weight is 393 g/mol. The molecule has 1 aromatic carbocycles. The first-order chi connectivity index (χ1) is 13.4. The van der Waals surface area contributed by atoms with Gasteiger partial charge >= 0.3 is 0 Å². The molecule has 2 N–H and O–H groups in total. The molecule has 0 bridgehead atoms. The standard InChI is InChI=1S/C20H25F2N3O3/c1-12(11-26)24-20(27)15-7-14-8-16(28-2)9-17(18(14)23-10-15)25-5-3-13(4-6-25)19(21)22/h7-10,12-13,19,26H,3-6,11H2,1-2H3,(H,24,27)/t12-/m1/s1. The van der Waals surface area contributed by atoms with E-state index in [0.29, 0.717) is 42.8 Å². The third-order valence-electron chi connectivity index (χ3n) is 5.12. The highest BCUT2D eigenvalue weighted by atomic mass is 19.3. The summed E-state index contributed by atoms with van der Waals surface area (Å²) in [6.45, 7) is 2.60. The van der Waals surface area contributed by atoms with E-state index in [1.807, 2.05) is 11.0 Å². The maximum absolute atomic E-state index is 13.0. The summed E-state index contributed by atoms with van der Waals surface area (Å²) < 4.78 is 31.3. The number of anilines is 1. The number of rotatable bonds is 6. The van der Waals surface area contributed by atoms with Gasteiger partial charge in [-0.3, -0.25) is 9.78 Å². The van der Waals surface area contributed by atoms with Gasteiger partial charge in [0.15, 0.2) is 0 Å². The molecule has 3 rings (SSSR count). The first-order valence-corrected chi connectivity index (χ1v) is 9.35. The molecule has 2 heterocycles. The number of ether oxygens (including phenoxy) is 1. The van der Waals surface area contributed by atoms with Crippen molar-refractivity contribution in [1.29, 1.82) is 0 Å². The predicted molar refractivity (Wildman–Crippen MR) is 103 cm³/mol. The summed E-state index contributed by atoms with van der Waals surface area (Å²) >= 11 is 0. The quantitative estimate of drug-likeness (QED) is 0.790. The monoisotopic (exact) mass is 393 g/mol. The van der Waals surface area contributed by atoms with Crippen LogP contribution < -0.4 is 15.0 Å². The van der Waals surface area contributed by atoms with Crippen LogP contribution in [0.1, 0.15) is 30.1 Å². The van der Waals surface area contributed by atoms with E-state index in [1.165, 1.54) is 6.20 Å². The summed E-state index contributed by atoms with van der Waals surface area (Å²) in [4.78, 5) is 18.8. The van der Waals surface area contributed by atoms with E-state index >= 15 is 0 Å². The molecular formula is C20H25F2N3O3. The number of aliphatic hydroxyl groups excluding tert-OH is 1. The molecule has 1 amide bonds. The van der Waals surface area contributed by atoms with Crippen LogP contribution in [0.3, 0.4) is 0 Å². The Labute approximate surface area is 162 Å². The van der Waals surface area contributed by atoms with E-state index in [0.717, 1.165) is 11.1 Å². The van der Waals surface area contributed by atoms with Crippen LogP contribution in [0.4, 0.5) is 14.5 Å². The molecular weight excluding hydrogens is 368 g/mol. The second kappa shape index (κ2) is 8.68. The third-order valence-corrected chi connectivity index (χ3v) is 5.12. The number of pyridine rings is 1. The number of alkyl halides is 2. The molecule has 1 atom stereocenters. The molecule has 28 heavy (non-hydrogen) atoms. The van der Waals surface area contributed by atoms with Crippen molar-refractivity contribution in [2.75, 3.05) is 31.7 Å². The number of nitrogens with zero attached hydrogens (tertiary/aromatic N) is 2. The normalized spacial score (nSPS) is 16.4. The molecule has 1 fully saturated rings. The fraction of sp³-hybridized carbons (Fsp3) is 0.500. The number of aromatic nitrogens is 1. The Bertz CT molecular complexity index is 839. The summed E-state index contributed by atoms with van der Waals surface area (Å²) in [5, 5.41) is 12.5. The van der Waals surface area contributed by atoms with Crippen LogP contribution in [0.25, 0.3) is 10.9 Å². The minimum absolute atomic E-state index is 0.153. The number of nitrogens with one attached hydrogen (secondary N) is 1. The number of benzene rings is 1. The number of halogens is 2. The van der Waals surface area contributed by atoms with Crippen LogP contribution in [0.2, 0.25) is 0 Å². The number of piperidine rings is 1. The van der Waals surface area contributed by atoms with Gasteiger partial charge in [0.2, 0.25) is 6.43 Å². The number of hydrogen-bond donors (Lipinski definition) is 2. The van der Waals surface area contributed by atoms with Gasteiger partial charge in [-0.1, -0.05) is 0 Å². The minimum Gasteiger partial charge on any atom is -0.497 e. The molecule has 1 saturated heterocycles. The highest BCUT2D eigenvalue weighted by Gasteiger charge is 2.27. The summed E-state index contributed by atoms with van der Waals surface area (Å²) in [5.74, 6) is -0.274. The lowest BCUT2D eigenvalue weighted by Gasteiger charge is -2.33. The van der Waals surface area contributed by atoms with Crippen molar-refractivity contribution in [2.24, 2.45) is 5.92 Å². The molecule has 1 aromatic heterocycles. The van der Waals surface area contributed by atoms with Crippen molar-refractivity contribution in [1.82, 2.24) is 10.3 Å². The Morgan fingerprint density at radius 3 is 2.68 bits per heavy atom. The van der Waals surface area contributed by atoms with Gasteiger partial charge in [0.1, 0.15) is 5.75 Å². The number of amides is 1. The van der Waals surface area contributed by atoms with Gasteiger partial charge in [-0.05, 0) is 31.9 Å². The molecule has 0 radical (unpaired) electrons. The lowest BCUT2D eigenvalue weighted by Crippen LogP contribution is -2.36. The molecule has 8 heteroatoms. The molecule has 1 aliphatic rings. The predicted octanol–water partition coefficient (Wildman–Crippen LogP) is 2.84. The van der Waals surface area contributed by atoms with E-state index in [4.69, 9.17) is 9.84 Å². The van der Waals surface area contributed by atoms with Crippen molar-refractivity contribution >= 4 is 22.5 Å². The van der Waals surface area contributed by atoms with Gasteiger partial charge in [-0.15, -0.1) is 0 Å². The van der Waals surface area contributed by atoms with Crippen LogP contribution in [0, 0.1) is 5.92 Å². The van der Waals surface area contributed by atoms with Crippen molar-refractivity contribution in [3.05, 3.63) is 30.0 Å². The maximum atomic E-state index is 13.0. The fourth-order valence-corrected chi connectivity index (χ4v) is 3.43. The Balaban J connectivity index is 1.92. The van der Waals surface area contributed by atoms with Gasteiger partial charge in [0.25, 0.3) is 5.91 Å². The van der Waals surface area contributed by atoms with Crippen LogP contribution in [0.15, 0.2) is 24.4 Å². The number of methoxy groups -OCH3 is 1. The summed E-state index contributed by atoms with van der Waals surface area (Å²) in [6.07, 6.45) is 0.0554. The van der Waals surface area contributed by atoms with Gasteiger partial charge in [0, 0.05) is 42.7 Å². The zero-order valence-electron chi connectivity index (χ0n) is 16.0. The van der Waals surface area contributed by atoms with E-state index in [-0.39, 0.29) is 18.6 Å². The first-order valence-electron chi connectivity index (χ1n) is 9.35. The lowest BCUT2D eigenvalue weighted by molar-refractivity contribution is 0.0636. The Morgan fingerprint density at radius 1 is 1.36 bits per heavy atom. The lowest BCUT2D eigenvalue weighted by atomic mass is 9.96. The van der Waals surface area contributed by atoms with E-state index < -0.39 is 12.3 Å². The highest BCUT2D eigenvalue weighted by Crippen LogP contribution is 2.34. The van der Waals surface area contributed by atoms with Crippen LogP contribution in [0.5, 0.6) is 5.75 Å². The smallest absolute Gasteiger partial charge is 0.253 e.